The van der Waals surface area contributed by atoms with E-state index in [2.05, 4.69) is 10.6 Å². The summed E-state index contributed by atoms with van der Waals surface area (Å²) >= 11 is 11.5. The van der Waals surface area contributed by atoms with Crippen LogP contribution in [0.1, 0.15) is 11.1 Å². The van der Waals surface area contributed by atoms with Crippen LogP contribution in [0, 0.1) is 11.3 Å². The number of benzene rings is 2. The molecule has 2 rings (SSSR count). The average Bonchev–Trinajstić information content (AvgIpc) is 2.63. The zero-order valence-corrected chi connectivity index (χ0v) is 15.9. The summed E-state index contributed by atoms with van der Waals surface area (Å²) in [4.78, 5) is 12.1. The lowest BCUT2D eigenvalue weighted by molar-refractivity contribution is -0.143. The van der Waals surface area contributed by atoms with Gasteiger partial charge in [0.1, 0.15) is 11.6 Å². The van der Waals surface area contributed by atoms with Crippen molar-refractivity contribution in [3.63, 3.8) is 0 Å². The molecule has 0 aromatic heterocycles. The summed E-state index contributed by atoms with van der Waals surface area (Å²) in [6.07, 6.45) is -9.39. The molecule has 0 aliphatic heterocycles. The van der Waals surface area contributed by atoms with Crippen molar-refractivity contribution in [1.29, 1.82) is 5.26 Å². The zero-order valence-electron chi connectivity index (χ0n) is 14.4. The molecule has 30 heavy (non-hydrogen) atoms. The third kappa shape index (κ3) is 6.05. The molecule has 0 heterocycles. The molecule has 0 bridgehead atoms. The van der Waals surface area contributed by atoms with Gasteiger partial charge in [0.15, 0.2) is 0 Å². The van der Waals surface area contributed by atoms with E-state index in [9.17, 15) is 31.1 Å². The third-order valence-corrected chi connectivity index (χ3v) is 4.25. The van der Waals surface area contributed by atoms with E-state index >= 15 is 0 Å². The quantitative estimate of drug-likeness (QED) is 0.307. The van der Waals surface area contributed by atoms with Gasteiger partial charge in [-0.15, -0.1) is 0 Å². The van der Waals surface area contributed by atoms with Gasteiger partial charge in [-0.1, -0.05) is 23.2 Å². The monoisotopic (exact) mass is 467 g/mol. The smallest absolute Gasteiger partial charge is 0.360 e. The molecule has 2 aromatic rings. The Morgan fingerprint density at radius 3 is 1.93 bits per heavy atom. The summed E-state index contributed by atoms with van der Waals surface area (Å²) in [5.41, 5.74) is -4.17. The van der Waals surface area contributed by atoms with Crippen molar-refractivity contribution in [2.24, 2.45) is 0 Å². The first-order valence-electron chi connectivity index (χ1n) is 7.74. The molecule has 0 aliphatic rings. The lowest BCUT2D eigenvalue weighted by Crippen LogP contribution is -2.15. The summed E-state index contributed by atoms with van der Waals surface area (Å²) < 4.78 is 77.3. The number of halogens is 8. The van der Waals surface area contributed by atoms with Crippen LogP contribution in [-0.2, 0) is 17.1 Å². The van der Waals surface area contributed by atoms with Gasteiger partial charge in [0, 0.05) is 17.6 Å². The molecule has 0 saturated carbocycles. The number of amides is 1. The predicted molar refractivity (Wildman–Crippen MR) is 98.9 cm³/mol. The van der Waals surface area contributed by atoms with Gasteiger partial charge in [-0.25, -0.2) is 0 Å². The molecule has 12 heteroatoms. The minimum atomic E-state index is -5.04. The molecule has 0 spiro atoms. The van der Waals surface area contributed by atoms with Gasteiger partial charge >= 0.3 is 12.4 Å². The van der Waals surface area contributed by atoms with Gasteiger partial charge in [-0.05, 0) is 36.4 Å². The number of alkyl halides is 6. The minimum absolute atomic E-state index is 0.0446. The number of hydrogen-bond acceptors (Lipinski definition) is 3. The Hall–Kier alpha value is -2.90. The molecule has 0 radical (unpaired) electrons. The minimum Gasteiger partial charge on any atom is -0.360 e. The van der Waals surface area contributed by atoms with Crippen molar-refractivity contribution in [2.75, 3.05) is 10.6 Å². The normalized spacial score (nSPS) is 12.3. The largest absolute Gasteiger partial charge is 0.416 e. The van der Waals surface area contributed by atoms with Gasteiger partial charge < -0.3 is 10.6 Å². The second-order valence-electron chi connectivity index (χ2n) is 5.69. The lowest BCUT2D eigenvalue weighted by Gasteiger charge is -2.14. The zero-order chi connectivity index (χ0) is 22.7. The van der Waals surface area contributed by atoms with Crippen molar-refractivity contribution in [2.45, 2.75) is 12.4 Å². The van der Waals surface area contributed by atoms with Gasteiger partial charge in [-0.2, -0.15) is 31.6 Å². The van der Waals surface area contributed by atoms with Crippen molar-refractivity contribution in [1.82, 2.24) is 0 Å². The third-order valence-electron chi connectivity index (χ3n) is 3.51. The highest BCUT2D eigenvalue weighted by Gasteiger charge is 2.36. The molecule has 0 unspecified atom stereocenters. The molecule has 4 nitrogen and oxygen atoms in total. The molecule has 2 N–H and O–H groups in total. The van der Waals surface area contributed by atoms with E-state index in [0.717, 1.165) is 0 Å². The number of carbonyl (C=O) groups excluding carboxylic acids is 1. The van der Waals surface area contributed by atoms with Crippen LogP contribution in [0.2, 0.25) is 10.0 Å². The highest BCUT2D eigenvalue weighted by atomic mass is 35.5. The van der Waals surface area contributed by atoms with Crippen molar-refractivity contribution in [3.05, 3.63) is 69.3 Å². The fourth-order valence-electron chi connectivity index (χ4n) is 2.11. The molecule has 0 saturated heterocycles. The number of hydrogen-bond donors (Lipinski definition) is 2. The van der Waals surface area contributed by atoms with Crippen molar-refractivity contribution < 1.29 is 31.1 Å². The number of anilines is 2. The first kappa shape index (κ1) is 23.4. The number of carbonyl (C=O) groups is 1. The van der Waals surface area contributed by atoms with Crippen LogP contribution in [0.3, 0.4) is 0 Å². The molecule has 0 atom stereocenters. The summed E-state index contributed by atoms with van der Waals surface area (Å²) in [5.74, 6) is -0.980. The predicted octanol–water partition coefficient (Wildman–Crippen LogP) is 6.49. The maximum atomic E-state index is 12.9. The fourth-order valence-corrected chi connectivity index (χ4v) is 2.41. The van der Waals surface area contributed by atoms with Crippen LogP contribution in [-0.4, -0.2) is 5.91 Å². The summed E-state index contributed by atoms with van der Waals surface area (Å²) in [6.45, 7) is 0. The van der Waals surface area contributed by atoms with Gasteiger partial charge in [-0.3, -0.25) is 4.79 Å². The second-order valence-corrected chi connectivity index (χ2v) is 6.51. The summed E-state index contributed by atoms with van der Waals surface area (Å²) in [5, 5.41) is 13.8. The Balaban J connectivity index is 2.30. The molecule has 2 aromatic carbocycles. The number of nitriles is 1. The maximum absolute atomic E-state index is 12.9. The number of rotatable bonds is 4. The fraction of sp³-hybridized carbons (Fsp3) is 0.111. The molecular weight excluding hydrogens is 459 g/mol. The van der Waals surface area contributed by atoms with E-state index in [-0.39, 0.29) is 21.8 Å². The lowest BCUT2D eigenvalue weighted by atomic mass is 10.1. The molecular formula is C18H9Cl2F6N3O. The first-order chi connectivity index (χ1) is 13.8. The highest BCUT2D eigenvalue weighted by molar-refractivity contribution is 6.42. The van der Waals surface area contributed by atoms with Gasteiger partial charge in [0.25, 0.3) is 5.91 Å². The standard InChI is InChI=1S/C18H9Cl2F6N3O/c19-14-2-1-12(6-15(14)20)29-16(30)9(7-27)8-28-13-4-10(17(21,22)23)3-11(5-13)18(24,25)26/h1-6,8,28H,(H,29,30)/b9-8-. The Morgan fingerprint density at radius 1 is 0.900 bits per heavy atom. The van der Waals surface area contributed by atoms with Crippen molar-refractivity contribution in [3.8, 4) is 6.07 Å². The second kappa shape index (κ2) is 8.85. The first-order valence-corrected chi connectivity index (χ1v) is 8.49. The topological polar surface area (TPSA) is 64.9 Å². The maximum Gasteiger partial charge on any atom is 0.416 e. The van der Waals surface area contributed by atoms with Crippen LogP contribution in [0.15, 0.2) is 48.2 Å². The highest BCUT2D eigenvalue weighted by Crippen LogP contribution is 2.37. The van der Waals surface area contributed by atoms with E-state index in [0.29, 0.717) is 18.3 Å². The Labute approximate surface area is 175 Å². The number of nitrogens with zero attached hydrogens (tertiary/aromatic N) is 1. The Bertz CT molecular complexity index is 1010. The Kier molecular flexibility index (Phi) is 6.90. The molecule has 1 amide bonds. The van der Waals surface area contributed by atoms with E-state index in [4.69, 9.17) is 28.5 Å². The SMILES string of the molecule is N#C/C(=C/Nc1cc(C(F)(F)F)cc(C(F)(F)F)c1)C(=O)Nc1ccc(Cl)c(Cl)c1. The van der Waals surface area contributed by atoms with E-state index in [1.165, 1.54) is 24.3 Å². The van der Waals surface area contributed by atoms with E-state index in [1.807, 2.05) is 0 Å². The van der Waals surface area contributed by atoms with E-state index < -0.39 is 40.6 Å². The van der Waals surface area contributed by atoms with Crippen molar-refractivity contribution >= 4 is 40.5 Å². The van der Waals surface area contributed by atoms with Crippen LogP contribution in [0.5, 0.6) is 0 Å². The van der Waals surface area contributed by atoms with E-state index in [1.54, 1.807) is 0 Å². The van der Waals surface area contributed by atoms with Gasteiger partial charge in [0.2, 0.25) is 0 Å². The van der Waals surface area contributed by atoms with Gasteiger partial charge in [0.05, 0.1) is 21.2 Å². The average molecular weight is 468 g/mol. The molecule has 158 valence electrons. The Morgan fingerprint density at radius 2 is 1.47 bits per heavy atom. The summed E-state index contributed by atoms with van der Waals surface area (Å²) in [7, 11) is 0. The van der Waals surface area contributed by atoms with Crippen LogP contribution in [0.4, 0.5) is 37.7 Å². The molecule has 0 fully saturated rings. The van der Waals surface area contributed by atoms with Crippen LogP contribution >= 0.6 is 23.2 Å². The summed E-state index contributed by atoms with van der Waals surface area (Å²) in [6, 6.07) is 6.30. The molecule has 0 aliphatic carbocycles. The van der Waals surface area contributed by atoms with Crippen LogP contribution in [0.25, 0.3) is 0 Å². The van der Waals surface area contributed by atoms with Crippen LogP contribution < -0.4 is 10.6 Å². The number of nitrogens with one attached hydrogen (secondary N) is 2.